The van der Waals surface area contributed by atoms with Crippen molar-refractivity contribution in [3.63, 3.8) is 0 Å². The lowest BCUT2D eigenvalue weighted by Gasteiger charge is -2.12. The maximum atomic E-state index is 5.00. The van der Waals surface area contributed by atoms with E-state index >= 15 is 0 Å². The van der Waals surface area contributed by atoms with Crippen molar-refractivity contribution in [1.29, 1.82) is 0 Å². The van der Waals surface area contributed by atoms with Gasteiger partial charge in [-0.15, -0.1) is 11.3 Å². The number of fused-ring (bicyclic) bond motifs is 2. The highest BCUT2D eigenvalue weighted by Gasteiger charge is 2.16. The van der Waals surface area contributed by atoms with Gasteiger partial charge in [-0.3, -0.25) is 10.1 Å². The molecule has 176 valence electrons. The van der Waals surface area contributed by atoms with Gasteiger partial charge >= 0.3 is 0 Å². The Morgan fingerprint density at radius 1 is 1.14 bits per heavy atom. The molecule has 0 amide bonds. The molecule has 6 nitrogen and oxygen atoms in total. The van der Waals surface area contributed by atoms with E-state index in [4.69, 9.17) is 4.98 Å². The van der Waals surface area contributed by atoms with Crippen molar-refractivity contribution < 1.29 is 0 Å². The molecule has 5 heterocycles. The van der Waals surface area contributed by atoms with Crippen LogP contribution in [0.25, 0.3) is 49.3 Å². The van der Waals surface area contributed by atoms with E-state index < -0.39 is 0 Å². The fraction of sp³-hybridized carbons (Fsp3) is 0.179. The lowest BCUT2D eigenvalue weighted by Crippen LogP contribution is -2.20. The zero-order valence-corrected chi connectivity index (χ0v) is 21.1. The third-order valence-corrected chi connectivity index (χ3v) is 6.84. The molecular weight excluding hydrogens is 452 g/mol. The summed E-state index contributed by atoms with van der Waals surface area (Å²) in [7, 11) is 0. The summed E-state index contributed by atoms with van der Waals surface area (Å²) in [6.45, 7) is 12.3. The number of hydrogen-bond acceptors (Lipinski definition) is 5. The molecule has 0 aromatic carbocycles. The molecule has 0 aliphatic heterocycles. The molecule has 5 rings (SSSR count). The van der Waals surface area contributed by atoms with Crippen LogP contribution in [0.5, 0.6) is 0 Å². The minimum absolute atomic E-state index is 0.313. The number of rotatable bonds is 7. The Hall–Kier alpha value is -3.97. The first-order valence-corrected chi connectivity index (χ1v) is 12.4. The van der Waals surface area contributed by atoms with Crippen LogP contribution in [-0.4, -0.2) is 31.2 Å². The zero-order valence-electron chi connectivity index (χ0n) is 20.3. The zero-order chi connectivity index (χ0) is 24.5. The highest BCUT2D eigenvalue weighted by molar-refractivity contribution is 7.15. The van der Waals surface area contributed by atoms with Crippen LogP contribution in [0.1, 0.15) is 31.3 Å². The molecule has 0 bridgehead atoms. The van der Waals surface area contributed by atoms with Crippen molar-refractivity contribution in [2.45, 2.75) is 33.7 Å². The SMILES string of the molecule is C=C/C(=C\C(=C/C)c1ccc2[nH]nc(-c3cc4c(-c5ccc(C)s5)cncc4[nH]3)c2n1)NC(C)C. The summed E-state index contributed by atoms with van der Waals surface area (Å²) in [6, 6.07) is 10.8. The number of aryl methyl sites for hydroxylation is 1. The molecule has 0 aliphatic rings. The quantitative estimate of drug-likeness (QED) is 0.219. The van der Waals surface area contributed by atoms with E-state index in [1.807, 2.05) is 37.5 Å². The van der Waals surface area contributed by atoms with E-state index in [9.17, 15) is 0 Å². The molecule has 7 heteroatoms. The summed E-state index contributed by atoms with van der Waals surface area (Å²) in [6.07, 6.45) is 9.75. The Kier molecular flexibility index (Phi) is 6.09. The van der Waals surface area contributed by atoms with E-state index in [1.165, 1.54) is 9.75 Å². The number of nitrogens with one attached hydrogen (secondary N) is 3. The van der Waals surface area contributed by atoms with Gasteiger partial charge < -0.3 is 10.3 Å². The Morgan fingerprint density at radius 3 is 2.71 bits per heavy atom. The molecule has 0 unspecified atom stereocenters. The standard InChI is InChI=1S/C28H28N6S/c1-6-18(12-19(7-2)30-16(3)4)22-9-10-23-27(32-22)28(34-33-23)24-13-20-21(14-29-15-25(20)31-24)26-11-8-17(5)35-26/h6-16,30-31H,2H2,1,3-5H3,(H,33,34)/b18-6+,19-12+. The number of aromatic amines is 2. The number of hydrogen-bond donors (Lipinski definition) is 3. The van der Waals surface area contributed by atoms with E-state index in [1.54, 1.807) is 11.3 Å². The first-order chi connectivity index (χ1) is 17.0. The lowest BCUT2D eigenvalue weighted by molar-refractivity contribution is 0.682. The van der Waals surface area contributed by atoms with Gasteiger partial charge in [0, 0.05) is 38.6 Å². The molecule has 5 aromatic rings. The van der Waals surface area contributed by atoms with Crippen molar-refractivity contribution in [3.8, 4) is 21.8 Å². The van der Waals surface area contributed by atoms with Gasteiger partial charge in [0.2, 0.25) is 0 Å². The number of aromatic nitrogens is 5. The molecule has 0 saturated carbocycles. The Balaban J connectivity index is 1.59. The van der Waals surface area contributed by atoms with Gasteiger partial charge in [0.1, 0.15) is 11.2 Å². The number of thiophene rings is 1. The Morgan fingerprint density at radius 2 is 2.00 bits per heavy atom. The van der Waals surface area contributed by atoms with Crippen molar-refractivity contribution in [3.05, 3.63) is 83.8 Å². The molecule has 0 saturated heterocycles. The van der Waals surface area contributed by atoms with E-state index in [0.717, 1.165) is 55.9 Å². The Bertz CT molecular complexity index is 1590. The van der Waals surface area contributed by atoms with Crippen molar-refractivity contribution in [2.75, 3.05) is 0 Å². The predicted octanol–water partition coefficient (Wildman–Crippen LogP) is 7.01. The smallest absolute Gasteiger partial charge is 0.135 e. The molecule has 0 fully saturated rings. The maximum absolute atomic E-state index is 5.00. The van der Waals surface area contributed by atoms with Gasteiger partial charge in [-0.2, -0.15) is 5.10 Å². The average Bonchev–Trinajstić information content (AvgIpc) is 3.58. The topological polar surface area (TPSA) is 82.3 Å². The predicted molar refractivity (Wildman–Crippen MR) is 147 cm³/mol. The fourth-order valence-electron chi connectivity index (χ4n) is 4.17. The molecule has 0 aliphatic carbocycles. The second-order valence-electron chi connectivity index (χ2n) is 8.75. The van der Waals surface area contributed by atoms with E-state index in [2.05, 4.69) is 83.2 Å². The van der Waals surface area contributed by atoms with Crippen LogP contribution in [0.4, 0.5) is 0 Å². The first kappa shape index (κ1) is 22.8. The van der Waals surface area contributed by atoms with Gasteiger partial charge in [0.05, 0.1) is 28.6 Å². The minimum atomic E-state index is 0.313. The summed E-state index contributed by atoms with van der Waals surface area (Å²) in [5.74, 6) is 0. The van der Waals surface area contributed by atoms with Crippen LogP contribution in [0.15, 0.2) is 73.2 Å². The molecule has 0 atom stereocenters. The normalized spacial score (nSPS) is 12.7. The fourth-order valence-corrected chi connectivity index (χ4v) is 5.06. The summed E-state index contributed by atoms with van der Waals surface area (Å²) in [5.41, 5.74) is 8.34. The second kappa shape index (κ2) is 9.35. The van der Waals surface area contributed by atoms with Crippen molar-refractivity contribution in [1.82, 2.24) is 30.5 Å². The minimum Gasteiger partial charge on any atom is -0.383 e. The third kappa shape index (κ3) is 4.42. The van der Waals surface area contributed by atoms with Gasteiger partial charge in [-0.05, 0) is 75.8 Å². The summed E-state index contributed by atoms with van der Waals surface area (Å²) in [5, 5.41) is 12.3. The Labute approximate surface area is 208 Å². The van der Waals surface area contributed by atoms with Gasteiger partial charge in [-0.1, -0.05) is 12.7 Å². The van der Waals surface area contributed by atoms with Gasteiger partial charge in [0.25, 0.3) is 0 Å². The summed E-state index contributed by atoms with van der Waals surface area (Å²) < 4.78 is 0. The van der Waals surface area contributed by atoms with Gasteiger partial charge in [-0.25, -0.2) is 4.98 Å². The number of allylic oxidation sites excluding steroid dienone is 4. The van der Waals surface area contributed by atoms with Crippen LogP contribution in [0.2, 0.25) is 0 Å². The van der Waals surface area contributed by atoms with E-state index in [0.29, 0.717) is 6.04 Å². The number of nitrogens with zero attached hydrogens (tertiary/aromatic N) is 3. The highest BCUT2D eigenvalue weighted by Crippen LogP contribution is 2.36. The average molecular weight is 481 g/mol. The van der Waals surface area contributed by atoms with E-state index in [-0.39, 0.29) is 0 Å². The monoisotopic (exact) mass is 480 g/mol. The molecule has 5 aromatic heterocycles. The van der Waals surface area contributed by atoms with Crippen LogP contribution < -0.4 is 5.32 Å². The van der Waals surface area contributed by atoms with Crippen LogP contribution >= 0.6 is 11.3 Å². The number of H-pyrrole nitrogens is 2. The van der Waals surface area contributed by atoms with Crippen LogP contribution in [0.3, 0.4) is 0 Å². The maximum Gasteiger partial charge on any atom is 0.135 e. The third-order valence-electron chi connectivity index (χ3n) is 5.81. The van der Waals surface area contributed by atoms with Crippen molar-refractivity contribution in [2.24, 2.45) is 0 Å². The molecule has 0 radical (unpaired) electrons. The van der Waals surface area contributed by atoms with Crippen molar-refractivity contribution >= 4 is 38.8 Å². The molecular formula is C28H28N6S. The largest absolute Gasteiger partial charge is 0.383 e. The molecule has 0 spiro atoms. The second-order valence-corrected chi connectivity index (χ2v) is 10.0. The lowest BCUT2D eigenvalue weighted by atomic mass is 10.1. The van der Waals surface area contributed by atoms with Crippen LogP contribution in [0, 0.1) is 6.92 Å². The summed E-state index contributed by atoms with van der Waals surface area (Å²) in [4.78, 5) is 15.4. The number of pyridine rings is 2. The van der Waals surface area contributed by atoms with Gasteiger partial charge in [0.15, 0.2) is 0 Å². The van der Waals surface area contributed by atoms with Crippen LogP contribution in [-0.2, 0) is 0 Å². The summed E-state index contributed by atoms with van der Waals surface area (Å²) >= 11 is 1.77. The first-order valence-electron chi connectivity index (χ1n) is 11.6. The highest BCUT2D eigenvalue weighted by atomic mass is 32.1. The molecule has 35 heavy (non-hydrogen) atoms. The molecule has 3 N–H and O–H groups in total.